The lowest BCUT2D eigenvalue weighted by atomic mass is 10.2. The third-order valence-corrected chi connectivity index (χ3v) is 6.56. The van der Waals surface area contributed by atoms with Crippen LogP contribution in [-0.4, -0.2) is 46.1 Å². The van der Waals surface area contributed by atoms with Gasteiger partial charge in [-0.05, 0) is 30.7 Å². The van der Waals surface area contributed by atoms with Crippen LogP contribution < -0.4 is 4.90 Å². The van der Waals surface area contributed by atoms with Crippen LogP contribution in [0.3, 0.4) is 0 Å². The standard InChI is InChI=1S/C23H22ClN5O2S/c1-16-6-2-5-9-20(16)29-22(28-10-12-30-13-11-28)26-27-23(29)32-15-17-14-31-21(25-17)18-7-3-4-8-19(18)24/h2-9,14H,10-13,15H2,1H3. The van der Waals surface area contributed by atoms with Crippen LogP contribution in [0, 0.1) is 6.92 Å². The van der Waals surface area contributed by atoms with Crippen LogP contribution in [0.5, 0.6) is 0 Å². The van der Waals surface area contributed by atoms with E-state index in [0.717, 1.165) is 46.7 Å². The SMILES string of the molecule is Cc1ccccc1-n1c(SCc2coc(-c3ccccc3Cl)n2)nnc1N1CCOCC1. The maximum absolute atomic E-state index is 6.28. The van der Waals surface area contributed by atoms with Gasteiger partial charge < -0.3 is 14.1 Å². The van der Waals surface area contributed by atoms with E-state index in [1.807, 2.05) is 36.4 Å². The largest absolute Gasteiger partial charge is 0.444 e. The summed E-state index contributed by atoms with van der Waals surface area (Å²) in [4.78, 5) is 6.84. The summed E-state index contributed by atoms with van der Waals surface area (Å²) >= 11 is 7.86. The molecule has 164 valence electrons. The molecule has 7 nitrogen and oxygen atoms in total. The van der Waals surface area contributed by atoms with E-state index >= 15 is 0 Å². The van der Waals surface area contributed by atoms with E-state index in [4.69, 9.17) is 20.8 Å². The van der Waals surface area contributed by atoms with Gasteiger partial charge >= 0.3 is 0 Å². The molecule has 0 amide bonds. The van der Waals surface area contributed by atoms with E-state index in [1.54, 1.807) is 18.0 Å². The number of morpholine rings is 1. The third kappa shape index (κ3) is 4.26. The number of aromatic nitrogens is 4. The topological polar surface area (TPSA) is 69.2 Å². The molecule has 0 aliphatic carbocycles. The second kappa shape index (κ2) is 9.36. The quantitative estimate of drug-likeness (QED) is 0.369. The Hall–Kier alpha value is -2.81. The van der Waals surface area contributed by atoms with Crippen molar-refractivity contribution >= 4 is 29.3 Å². The molecule has 1 fully saturated rings. The predicted molar refractivity (Wildman–Crippen MR) is 126 cm³/mol. The van der Waals surface area contributed by atoms with Crippen molar-refractivity contribution in [2.75, 3.05) is 31.2 Å². The molecule has 0 unspecified atom stereocenters. The highest BCUT2D eigenvalue weighted by atomic mass is 35.5. The molecule has 1 aliphatic heterocycles. The van der Waals surface area contributed by atoms with E-state index in [-0.39, 0.29) is 0 Å². The number of para-hydroxylation sites is 1. The van der Waals surface area contributed by atoms with Crippen molar-refractivity contribution in [3.8, 4) is 17.1 Å². The normalized spacial score (nSPS) is 14.1. The van der Waals surface area contributed by atoms with E-state index in [9.17, 15) is 0 Å². The fraction of sp³-hybridized carbons (Fsp3) is 0.261. The number of hydrogen-bond acceptors (Lipinski definition) is 7. The zero-order valence-corrected chi connectivity index (χ0v) is 19.1. The summed E-state index contributed by atoms with van der Waals surface area (Å²) in [6.45, 7) is 5.05. The van der Waals surface area contributed by atoms with Crippen molar-refractivity contribution in [2.24, 2.45) is 0 Å². The fourth-order valence-corrected chi connectivity index (χ4v) is 4.65. The Kier molecular flexibility index (Phi) is 6.16. The van der Waals surface area contributed by atoms with Crippen molar-refractivity contribution in [1.82, 2.24) is 19.7 Å². The number of aryl methyl sites for hydroxylation is 1. The van der Waals surface area contributed by atoms with Gasteiger partial charge in [0.25, 0.3) is 0 Å². The number of anilines is 1. The van der Waals surface area contributed by atoms with Gasteiger partial charge in [0.15, 0.2) is 5.16 Å². The summed E-state index contributed by atoms with van der Waals surface area (Å²) in [7, 11) is 0. The zero-order valence-electron chi connectivity index (χ0n) is 17.6. The van der Waals surface area contributed by atoms with Crippen LogP contribution in [0.2, 0.25) is 5.02 Å². The zero-order chi connectivity index (χ0) is 21.9. The predicted octanol–water partition coefficient (Wildman–Crippen LogP) is 5.01. The van der Waals surface area contributed by atoms with E-state index < -0.39 is 0 Å². The molecule has 2 aromatic heterocycles. The number of rotatable bonds is 6. The molecule has 4 aromatic rings. The number of oxazole rings is 1. The molecule has 1 saturated heterocycles. The molecule has 5 rings (SSSR count). The summed E-state index contributed by atoms with van der Waals surface area (Å²) in [6.07, 6.45) is 1.67. The molecule has 0 spiro atoms. The van der Waals surface area contributed by atoms with Gasteiger partial charge in [-0.2, -0.15) is 0 Å². The Labute approximate surface area is 195 Å². The number of thioether (sulfide) groups is 1. The van der Waals surface area contributed by atoms with Crippen molar-refractivity contribution in [1.29, 1.82) is 0 Å². The van der Waals surface area contributed by atoms with Crippen LogP contribution in [0.4, 0.5) is 5.95 Å². The van der Waals surface area contributed by atoms with Crippen molar-refractivity contribution in [3.05, 3.63) is 71.1 Å². The Morgan fingerprint density at radius 3 is 2.62 bits per heavy atom. The number of halogens is 1. The summed E-state index contributed by atoms with van der Waals surface area (Å²) in [6, 6.07) is 15.8. The summed E-state index contributed by atoms with van der Waals surface area (Å²) in [5.41, 5.74) is 3.82. The van der Waals surface area contributed by atoms with Crippen LogP contribution in [0.1, 0.15) is 11.3 Å². The van der Waals surface area contributed by atoms with Gasteiger partial charge in [0, 0.05) is 18.8 Å². The van der Waals surface area contributed by atoms with Crippen molar-refractivity contribution in [3.63, 3.8) is 0 Å². The fourth-order valence-electron chi connectivity index (χ4n) is 3.62. The van der Waals surface area contributed by atoms with Crippen molar-refractivity contribution in [2.45, 2.75) is 17.8 Å². The number of nitrogens with zero attached hydrogens (tertiary/aromatic N) is 5. The molecule has 0 bridgehead atoms. The smallest absolute Gasteiger partial charge is 0.232 e. The van der Waals surface area contributed by atoms with Crippen LogP contribution in [0.15, 0.2) is 64.4 Å². The monoisotopic (exact) mass is 467 g/mol. The van der Waals surface area contributed by atoms with Gasteiger partial charge in [0.2, 0.25) is 11.8 Å². The molecular formula is C23H22ClN5O2S. The first kappa shape index (κ1) is 21.1. The number of benzene rings is 2. The van der Waals surface area contributed by atoms with Gasteiger partial charge in [-0.3, -0.25) is 4.57 Å². The maximum Gasteiger partial charge on any atom is 0.232 e. The van der Waals surface area contributed by atoms with Crippen LogP contribution in [-0.2, 0) is 10.5 Å². The Morgan fingerprint density at radius 1 is 1.03 bits per heavy atom. The molecule has 3 heterocycles. The van der Waals surface area contributed by atoms with E-state index in [2.05, 4.69) is 43.7 Å². The highest BCUT2D eigenvalue weighted by molar-refractivity contribution is 7.98. The first-order valence-corrected chi connectivity index (χ1v) is 11.7. The van der Waals surface area contributed by atoms with Gasteiger partial charge in [-0.15, -0.1) is 10.2 Å². The average molecular weight is 468 g/mol. The Balaban J connectivity index is 1.42. The summed E-state index contributed by atoms with van der Waals surface area (Å²) in [5.74, 6) is 1.95. The average Bonchev–Trinajstić information content (AvgIpc) is 3.46. The minimum atomic E-state index is 0.514. The van der Waals surface area contributed by atoms with Gasteiger partial charge in [0.05, 0.1) is 35.2 Å². The van der Waals surface area contributed by atoms with Crippen LogP contribution in [0.25, 0.3) is 17.1 Å². The lowest BCUT2D eigenvalue weighted by Crippen LogP contribution is -2.38. The third-order valence-electron chi connectivity index (χ3n) is 5.27. The first-order chi connectivity index (χ1) is 15.7. The van der Waals surface area contributed by atoms with Gasteiger partial charge in [-0.25, -0.2) is 4.98 Å². The molecule has 1 aliphatic rings. The lowest BCUT2D eigenvalue weighted by molar-refractivity contribution is 0.122. The molecule has 2 aromatic carbocycles. The van der Waals surface area contributed by atoms with Gasteiger partial charge in [0.1, 0.15) is 6.26 Å². The molecule has 0 N–H and O–H groups in total. The molecule has 9 heteroatoms. The first-order valence-electron chi connectivity index (χ1n) is 10.4. The van der Waals surface area contributed by atoms with Crippen LogP contribution >= 0.6 is 23.4 Å². The van der Waals surface area contributed by atoms with Gasteiger partial charge in [-0.1, -0.05) is 53.7 Å². The second-order valence-electron chi connectivity index (χ2n) is 7.42. The minimum absolute atomic E-state index is 0.514. The van der Waals surface area contributed by atoms with Crippen molar-refractivity contribution < 1.29 is 9.15 Å². The number of hydrogen-bond donors (Lipinski definition) is 0. The maximum atomic E-state index is 6.28. The van der Waals surface area contributed by atoms with E-state index in [0.29, 0.717) is 29.9 Å². The highest BCUT2D eigenvalue weighted by Crippen LogP contribution is 2.32. The molecule has 0 atom stereocenters. The number of ether oxygens (including phenoxy) is 1. The molecule has 0 saturated carbocycles. The molecule has 0 radical (unpaired) electrons. The Morgan fingerprint density at radius 2 is 1.81 bits per heavy atom. The Bertz CT molecular complexity index is 1220. The molecule has 32 heavy (non-hydrogen) atoms. The molecular weight excluding hydrogens is 446 g/mol. The second-order valence-corrected chi connectivity index (χ2v) is 8.77. The minimum Gasteiger partial charge on any atom is -0.444 e. The van der Waals surface area contributed by atoms with E-state index in [1.165, 1.54) is 0 Å². The highest BCUT2D eigenvalue weighted by Gasteiger charge is 2.23. The summed E-state index contributed by atoms with van der Waals surface area (Å²) in [5, 5.41) is 10.5. The summed E-state index contributed by atoms with van der Waals surface area (Å²) < 4.78 is 13.3. The lowest BCUT2D eigenvalue weighted by Gasteiger charge is -2.28.